The van der Waals surface area contributed by atoms with E-state index < -0.39 is 5.97 Å². The standard InChI is InChI=1S/C9H15NO2/c11-9(12)7-10-8-5-3-1-2-4-6-8/h1-2,8,10H,3-7H2,(H,11,12). The van der Waals surface area contributed by atoms with Crippen molar-refractivity contribution >= 4 is 5.97 Å². The molecule has 1 aliphatic rings. The van der Waals surface area contributed by atoms with Crippen LogP contribution >= 0.6 is 0 Å². The van der Waals surface area contributed by atoms with Gasteiger partial charge in [0.15, 0.2) is 0 Å². The van der Waals surface area contributed by atoms with E-state index in [1.165, 1.54) is 0 Å². The van der Waals surface area contributed by atoms with Gasteiger partial charge in [-0.2, -0.15) is 0 Å². The predicted octanol–water partition coefficient (Wildman–Crippen LogP) is 1.16. The Morgan fingerprint density at radius 3 is 2.50 bits per heavy atom. The van der Waals surface area contributed by atoms with Crippen LogP contribution in [0.15, 0.2) is 12.2 Å². The van der Waals surface area contributed by atoms with E-state index >= 15 is 0 Å². The Balaban J connectivity index is 2.19. The number of rotatable bonds is 3. The number of carbonyl (C=O) groups is 1. The molecule has 0 aromatic heterocycles. The van der Waals surface area contributed by atoms with Crippen molar-refractivity contribution in [2.24, 2.45) is 0 Å². The Morgan fingerprint density at radius 1 is 1.42 bits per heavy atom. The van der Waals surface area contributed by atoms with E-state index in [1.807, 2.05) is 0 Å². The molecule has 0 saturated carbocycles. The lowest BCUT2D eigenvalue weighted by Crippen LogP contribution is -2.33. The molecule has 0 amide bonds. The fourth-order valence-electron chi connectivity index (χ4n) is 1.41. The van der Waals surface area contributed by atoms with Crippen LogP contribution in [0.3, 0.4) is 0 Å². The van der Waals surface area contributed by atoms with Crippen LogP contribution in [0.2, 0.25) is 0 Å². The van der Waals surface area contributed by atoms with Gasteiger partial charge in [0, 0.05) is 6.04 Å². The molecule has 0 bridgehead atoms. The highest BCUT2D eigenvalue weighted by molar-refractivity contribution is 5.69. The van der Waals surface area contributed by atoms with Gasteiger partial charge in [0.2, 0.25) is 0 Å². The van der Waals surface area contributed by atoms with Gasteiger partial charge >= 0.3 is 5.97 Å². The van der Waals surface area contributed by atoms with Crippen molar-refractivity contribution in [3.63, 3.8) is 0 Å². The minimum absolute atomic E-state index is 0.0880. The second-order valence-electron chi connectivity index (χ2n) is 3.10. The highest BCUT2D eigenvalue weighted by Gasteiger charge is 2.09. The second kappa shape index (κ2) is 4.93. The lowest BCUT2D eigenvalue weighted by molar-refractivity contribution is -0.136. The van der Waals surface area contributed by atoms with E-state index in [4.69, 9.17) is 5.11 Å². The number of nitrogens with one attached hydrogen (secondary N) is 1. The summed E-state index contributed by atoms with van der Waals surface area (Å²) >= 11 is 0. The summed E-state index contributed by atoms with van der Waals surface area (Å²) < 4.78 is 0. The van der Waals surface area contributed by atoms with Crippen LogP contribution in [0, 0.1) is 0 Å². The zero-order valence-corrected chi connectivity index (χ0v) is 7.12. The molecule has 3 nitrogen and oxygen atoms in total. The lowest BCUT2D eigenvalue weighted by atomic mass is 10.1. The molecule has 2 N–H and O–H groups in total. The third-order valence-corrected chi connectivity index (χ3v) is 2.07. The lowest BCUT2D eigenvalue weighted by Gasteiger charge is -2.13. The maximum Gasteiger partial charge on any atom is 0.317 e. The van der Waals surface area contributed by atoms with Gasteiger partial charge < -0.3 is 10.4 Å². The largest absolute Gasteiger partial charge is 0.480 e. The van der Waals surface area contributed by atoms with E-state index in [-0.39, 0.29) is 6.54 Å². The molecule has 0 saturated heterocycles. The highest BCUT2D eigenvalue weighted by Crippen LogP contribution is 2.10. The van der Waals surface area contributed by atoms with Crippen molar-refractivity contribution in [3.8, 4) is 0 Å². The van der Waals surface area contributed by atoms with Gasteiger partial charge in [0.25, 0.3) is 0 Å². The van der Waals surface area contributed by atoms with Crippen molar-refractivity contribution in [1.82, 2.24) is 5.32 Å². The van der Waals surface area contributed by atoms with Crippen LogP contribution < -0.4 is 5.32 Å². The zero-order chi connectivity index (χ0) is 8.81. The minimum atomic E-state index is -0.771. The maximum absolute atomic E-state index is 10.2. The van der Waals surface area contributed by atoms with Crippen molar-refractivity contribution in [3.05, 3.63) is 12.2 Å². The van der Waals surface area contributed by atoms with E-state index in [9.17, 15) is 4.79 Å². The zero-order valence-electron chi connectivity index (χ0n) is 7.12. The first kappa shape index (κ1) is 9.26. The summed E-state index contributed by atoms with van der Waals surface area (Å²) in [5.41, 5.74) is 0. The van der Waals surface area contributed by atoms with Crippen LogP contribution in [0.4, 0.5) is 0 Å². The molecule has 0 spiro atoms. The van der Waals surface area contributed by atoms with Crippen LogP contribution in [-0.2, 0) is 4.79 Å². The average molecular weight is 169 g/mol. The van der Waals surface area contributed by atoms with Crippen LogP contribution in [0.5, 0.6) is 0 Å². The Hall–Kier alpha value is -0.830. The van der Waals surface area contributed by atoms with E-state index in [0.717, 1.165) is 25.7 Å². The van der Waals surface area contributed by atoms with Gasteiger partial charge in [-0.3, -0.25) is 4.79 Å². The van der Waals surface area contributed by atoms with E-state index in [1.54, 1.807) is 0 Å². The SMILES string of the molecule is O=C(O)CNC1CCC=CCC1. The van der Waals surface area contributed by atoms with Crippen LogP contribution in [0.1, 0.15) is 25.7 Å². The van der Waals surface area contributed by atoms with Gasteiger partial charge in [-0.15, -0.1) is 0 Å². The van der Waals surface area contributed by atoms with Crippen molar-refractivity contribution in [1.29, 1.82) is 0 Å². The van der Waals surface area contributed by atoms with Gasteiger partial charge in [-0.05, 0) is 25.7 Å². The predicted molar refractivity (Wildman–Crippen MR) is 47.0 cm³/mol. The number of carboxylic acids is 1. The summed E-state index contributed by atoms with van der Waals surface area (Å²) in [6, 6.07) is 0.385. The normalized spacial score (nSPS) is 19.0. The van der Waals surface area contributed by atoms with Gasteiger partial charge in [-0.25, -0.2) is 0 Å². The Labute approximate surface area is 72.5 Å². The van der Waals surface area contributed by atoms with Crippen molar-refractivity contribution in [2.45, 2.75) is 31.7 Å². The highest BCUT2D eigenvalue weighted by atomic mass is 16.4. The van der Waals surface area contributed by atoms with E-state index in [0.29, 0.717) is 6.04 Å². The molecular weight excluding hydrogens is 154 g/mol. The summed E-state index contributed by atoms with van der Waals surface area (Å²) in [7, 11) is 0. The van der Waals surface area contributed by atoms with Crippen molar-refractivity contribution < 1.29 is 9.90 Å². The first-order chi connectivity index (χ1) is 5.79. The van der Waals surface area contributed by atoms with Gasteiger partial charge in [-0.1, -0.05) is 12.2 Å². The van der Waals surface area contributed by atoms with Gasteiger partial charge in [0.05, 0.1) is 6.54 Å². The van der Waals surface area contributed by atoms with Gasteiger partial charge in [0.1, 0.15) is 0 Å². The molecular formula is C9H15NO2. The Bertz CT molecular complexity index is 167. The number of allylic oxidation sites excluding steroid dienone is 2. The smallest absolute Gasteiger partial charge is 0.317 e. The van der Waals surface area contributed by atoms with Crippen LogP contribution in [0.25, 0.3) is 0 Å². The first-order valence-electron chi connectivity index (χ1n) is 4.39. The summed E-state index contributed by atoms with van der Waals surface area (Å²) in [5, 5.41) is 11.5. The molecule has 0 aromatic rings. The first-order valence-corrected chi connectivity index (χ1v) is 4.39. The third-order valence-electron chi connectivity index (χ3n) is 2.07. The molecule has 0 aromatic carbocycles. The number of hydrogen-bond donors (Lipinski definition) is 2. The summed E-state index contributed by atoms with van der Waals surface area (Å²) in [5.74, 6) is -0.771. The Kier molecular flexibility index (Phi) is 3.80. The molecule has 0 atom stereocenters. The molecule has 1 rings (SSSR count). The summed E-state index contributed by atoms with van der Waals surface area (Å²) in [6.45, 7) is 0.0880. The molecule has 12 heavy (non-hydrogen) atoms. The minimum Gasteiger partial charge on any atom is -0.480 e. The quantitative estimate of drug-likeness (QED) is 0.623. The molecule has 1 aliphatic carbocycles. The molecule has 3 heteroatoms. The van der Waals surface area contributed by atoms with Crippen LogP contribution in [-0.4, -0.2) is 23.7 Å². The summed E-state index contributed by atoms with van der Waals surface area (Å²) in [4.78, 5) is 10.2. The maximum atomic E-state index is 10.2. The van der Waals surface area contributed by atoms with Crippen molar-refractivity contribution in [2.75, 3.05) is 6.54 Å². The Morgan fingerprint density at radius 2 is 2.00 bits per heavy atom. The second-order valence-corrected chi connectivity index (χ2v) is 3.10. The topological polar surface area (TPSA) is 49.3 Å². The monoisotopic (exact) mass is 169 g/mol. The number of aliphatic carboxylic acids is 1. The van der Waals surface area contributed by atoms with E-state index in [2.05, 4.69) is 17.5 Å². The summed E-state index contributed by atoms with van der Waals surface area (Å²) in [6.07, 6.45) is 8.59. The molecule has 0 aliphatic heterocycles. The molecule has 0 radical (unpaired) electrons. The molecule has 0 fully saturated rings. The fourth-order valence-corrected chi connectivity index (χ4v) is 1.41. The average Bonchev–Trinajstić information content (AvgIpc) is 2.28. The number of carboxylic acid groups (broad SMARTS) is 1. The fraction of sp³-hybridized carbons (Fsp3) is 0.667. The molecule has 0 unspecified atom stereocenters. The third kappa shape index (κ3) is 3.53. The molecule has 68 valence electrons. The molecule has 0 heterocycles. The number of hydrogen-bond acceptors (Lipinski definition) is 2.